The minimum absolute atomic E-state index is 0.171. The normalized spacial score (nSPS) is 11.1. The van der Waals surface area contributed by atoms with E-state index in [1.807, 2.05) is 0 Å². The van der Waals surface area contributed by atoms with Crippen LogP contribution in [0.3, 0.4) is 0 Å². The molecule has 0 spiro atoms. The minimum Gasteiger partial charge on any atom is -0.493 e. The predicted molar refractivity (Wildman–Crippen MR) is 56.2 cm³/mol. The van der Waals surface area contributed by atoms with Crippen LogP contribution in [0.4, 0.5) is 0 Å². The fourth-order valence-corrected chi connectivity index (χ4v) is 1.68. The summed E-state index contributed by atoms with van der Waals surface area (Å²) in [6, 6.07) is 4.87. The second-order valence-corrected chi connectivity index (χ2v) is 5.07. The summed E-state index contributed by atoms with van der Waals surface area (Å²) in [4.78, 5) is 0. The maximum absolute atomic E-state index is 10.9. The Labute approximate surface area is 91.1 Å². The summed E-state index contributed by atoms with van der Waals surface area (Å²) in [6.45, 7) is 0. The van der Waals surface area contributed by atoms with Crippen molar-refractivity contribution in [3.63, 3.8) is 0 Å². The number of methoxy groups -OCH3 is 1. The Morgan fingerprint density at radius 2 is 1.93 bits per heavy atom. The molecule has 0 unspecified atom stereocenters. The summed E-state index contributed by atoms with van der Waals surface area (Å²) in [6.07, 6.45) is 0.980. The average Bonchev–Trinajstić information content (AvgIpc) is 2.01. The van der Waals surface area contributed by atoms with E-state index in [4.69, 9.17) is 8.92 Å². The highest BCUT2D eigenvalue weighted by Gasteiger charge is 2.10. The highest BCUT2D eigenvalue weighted by molar-refractivity contribution is 9.10. The van der Waals surface area contributed by atoms with E-state index in [9.17, 15) is 8.42 Å². The summed E-state index contributed by atoms with van der Waals surface area (Å²) in [5, 5.41) is 0. The van der Waals surface area contributed by atoms with Crippen LogP contribution < -0.4 is 8.92 Å². The topological polar surface area (TPSA) is 52.6 Å². The first-order chi connectivity index (χ1) is 6.42. The molecule has 0 aliphatic heterocycles. The second-order valence-electron chi connectivity index (χ2n) is 2.58. The van der Waals surface area contributed by atoms with Crippen molar-refractivity contribution in [1.29, 1.82) is 0 Å². The minimum atomic E-state index is -3.53. The van der Waals surface area contributed by atoms with Crippen molar-refractivity contribution in [2.24, 2.45) is 0 Å². The van der Waals surface area contributed by atoms with Crippen LogP contribution in [-0.2, 0) is 10.1 Å². The zero-order valence-electron chi connectivity index (χ0n) is 7.65. The molecule has 78 valence electrons. The molecule has 6 heteroatoms. The predicted octanol–water partition coefficient (Wildman–Crippen LogP) is 1.80. The third-order valence-electron chi connectivity index (χ3n) is 1.37. The number of rotatable bonds is 3. The van der Waals surface area contributed by atoms with Gasteiger partial charge in [-0.3, -0.25) is 0 Å². The molecule has 0 atom stereocenters. The van der Waals surface area contributed by atoms with Crippen LogP contribution in [0.1, 0.15) is 0 Å². The third kappa shape index (κ3) is 3.19. The standard InChI is InChI=1S/C8H9BrO4S/c1-12-7-4-3-6(9)5-8(7)13-14(2,10)11/h3-5H,1-2H3. The monoisotopic (exact) mass is 280 g/mol. The first-order valence-electron chi connectivity index (χ1n) is 3.65. The number of halogens is 1. The Morgan fingerprint density at radius 1 is 1.29 bits per heavy atom. The van der Waals surface area contributed by atoms with Gasteiger partial charge in [0.25, 0.3) is 0 Å². The quantitative estimate of drug-likeness (QED) is 0.793. The fourth-order valence-electron chi connectivity index (χ4n) is 0.879. The summed E-state index contributed by atoms with van der Waals surface area (Å²) < 4.78 is 32.2. The number of benzene rings is 1. The molecule has 0 N–H and O–H groups in total. The van der Waals surface area contributed by atoms with Crippen molar-refractivity contribution in [2.75, 3.05) is 13.4 Å². The van der Waals surface area contributed by atoms with Crippen molar-refractivity contribution in [3.8, 4) is 11.5 Å². The van der Waals surface area contributed by atoms with E-state index in [0.717, 1.165) is 10.7 Å². The molecule has 1 rings (SSSR count). The van der Waals surface area contributed by atoms with Gasteiger partial charge in [0, 0.05) is 4.47 Å². The molecule has 1 aromatic rings. The van der Waals surface area contributed by atoms with E-state index >= 15 is 0 Å². The molecule has 0 saturated carbocycles. The van der Waals surface area contributed by atoms with Crippen LogP contribution >= 0.6 is 15.9 Å². The Bertz CT molecular complexity index is 427. The average molecular weight is 281 g/mol. The van der Waals surface area contributed by atoms with E-state index in [1.165, 1.54) is 13.2 Å². The van der Waals surface area contributed by atoms with Gasteiger partial charge in [0.2, 0.25) is 0 Å². The summed E-state index contributed by atoms with van der Waals surface area (Å²) in [5.41, 5.74) is 0. The molecule has 0 saturated heterocycles. The summed E-state index contributed by atoms with van der Waals surface area (Å²) in [7, 11) is -2.08. The van der Waals surface area contributed by atoms with Crippen molar-refractivity contribution >= 4 is 26.0 Å². The molecule has 0 radical (unpaired) electrons. The van der Waals surface area contributed by atoms with Crippen LogP contribution in [0.2, 0.25) is 0 Å². The lowest BCUT2D eigenvalue weighted by atomic mass is 10.3. The summed E-state index contributed by atoms with van der Waals surface area (Å²) >= 11 is 3.20. The molecular formula is C8H9BrO4S. The number of hydrogen-bond acceptors (Lipinski definition) is 4. The van der Waals surface area contributed by atoms with Gasteiger partial charge in [0.1, 0.15) is 0 Å². The van der Waals surface area contributed by atoms with E-state index in [1.54, 1.807) is 12.1 Å². The van der Waals surface area contributed by atoms with E-state index in [2.05, 4.69) is 15.9 Å². The SMILES string of the molecule is COc1ccc(Br)cc1OS(C)(=O)=O. The van der Waals surface area contributed by atoms with Gasteiger partial charge in [-0.25, -0.2) is 0 Å². The lowest BCUT2D eigenvalue weighted by Crippen LogP contribution is -2.06. The van der Waals surface area contributed by atoms with E-state index in [-0.39, 0.29) is 5.75 Å². The Balaban J connectivity index is 3.11. The fraction of sp³-hybridized carbons (Fsp3) is 0.250. The molecular weight excluding hydrogens is 272 g/mol. The summed E-state index contributed by atoms with van der Waals surface area (Å²) in [5.74, 6) is 0.544. The molecule has 0 amide bonds. The molecule has 14 heavy (non-hydrogen) atoms. The smallest absolute Gasteiger partial charge is 0.306 e. The van der Waals surface area contributed by atoms with Crippen LogP contribution in [0.15, 0.2) is 22.7 Å². The molecule has 0 aliphatic carbocycles. The highest BCUT2D eigenvalue weighted by atomic mass is 79.9. The molecule has 0 bridgehead atoms. The largest absolute Gasteiger partial charge is 0.493 e. The molecule has 0 aromatic heterocycles. The zero-order valence-corrected chi connectivity index (χ0v) is 10.1. The third-order valence-corrected chi connectivity index (χ3v) is 2.34. The molecule has 4 nitrogen and oxygen atoms in total. The van der Waals surface area contributed by atoms with Gasteiger partial charge in [-0.1, -0.05) is 15.9 Å². The molecule has 0 heterocycles. The van der Waals surface area contributed by atoms with Gasteiger partial charge in [-0.15, -0.1) is 0 Å². The van der Waals surface area contributed by atoms with Crippen molar-refractivity contribution < 1.29 is 17.3 Å². The highest BCUT2D eigenvalue weighted by Crippen LogP contribution is 2.30. The lowest BCUT2D eigenvalue weighted by Gasteiger charge is -2.08. The Kier molecular flexibility index (Phi) is 3.38. The van der Waals surface area contributed by atoms with E-state index < -0.39 is 10.1 Å². The number of hydrogen-bond donors (Lipinski definition) is 0. The molecule has 1 aromatic carbocycles. The van der Waals surface area contributed by atoms with Gasteiger partial charge >= 0.3 is 10.1 Å². The lowest BCUT2D eigenvalue weighted by molar-refractivity contribution is 0.391. The molecule has 0 aliphatic rings. The molecule has 0 fully saturated rings. The first-order valence-corrected chi connectivity index (χ1v) is 6.26. The van der Waals surface area contributed by atoms with Gasteiger partial charge in [-0.05, 0) is 18.2 Å². The van der Waals surface area contributed by atoms with Crippen molar-refractivity contribution in [3.05, 3.63) is 22.7 Å². The van der Waals surface area contributed by atoms with Gasteiger partial charge < -0.3 is 8.92 Å². The Morgan fingerprint density at radius 3 is 2.43 bits per heavy atom. The van der Waals surface area contributed by atoms with Crippen LogP contribution in [0.25, 0.3) is 0 Å². The number of ether oxygens (including phenoxy) is 1. The zero-order chi connectivity index (χ0) is 10.8. The van der Waals surface area contributed by atoms with Gasteiger partial charge in [0.05, 0.1) is 13.4 Å². The van der Waals surface area contributed by atoms with Gasteiger partial charge in [0.15, 0.2) is 11.5 Å². The van der Waals surface area contributed by atoms with Crippen LogP contribution in [0.5, 0.6) is 11.5 Å². The maximum atomic E-state index is 10.9. The van der Waals surface area contributed by atoms with Crippen molar-refractivity contribution in [2.45, 2.75) is 0 Å². The first kappa shape index (κ1) is 11.3. The Hall–Kier alpha value is -0.750. The van der Waals surface area contributed by atoms with Crippen molar-refractivity contribution in [1.82, 2.24) is 0 Å². The second kappa shape index (κ2) is 4.18. The van der Waals surface area contributed by atoms with Gasteiger partial charge in [-0.2, -0.15) is 8.42 Å². The maximum Gasteiger partial charge on any atom is 0.306 e. The van der Waals surface area contributed by atoms with E-state index in [0.29, 0.717) is 5.75 Å². The van der Waals surface area contributed by atoms with Crippen LogP contribution in [0, 0.1) is 0 Å². The van der Waals surface area contributed by atoms with Crippen LogP contribution in [-0.4, -0.2) is 21.8 Å².